The maximum absolute atomic E-state index is 13.2. The van der Waals surface area contributed by atoms with Gasteiger partial charge in [0.15, 0.2) is 5.65 Å². The molecule has 6 nitrogen and oxygen atoms in total. The van der Waals surface area contributed by atoms with E-state index in [1.807, 2.05) is 0 Å². The number of imidazole rings is 1. The monoisotopic (exact) mass is 388 g/mol. The first kappa shape index (κ1) is 17.8. The second kappa shape index (κ2) is 6.87. The third-order valence-electron chi connectivity index (χ3n) is 3.86. The lowest BCUT2D eigenvalue weighted by Crippen LogP contribution is -2.19. The molecule has 0 bridgehead atoms. The Hall–Kier alpha value is -3.56. The molecule has 0 saturated carbocycles. The van der Waals surface area contributed by atoms with E-state index in [0.717, 1.165) is 4.57 Å². The van der Waals surface area contributed by atoms with E-state index < -0.39 is 18.5 Å². The van der Waals surface area contributed by atoms with E-state index in [4.69, 9.17) is 0 Å². The number of hydrogen-bond donors (Lipinski definition) is 1. The van der Waals surface area contributed by atoms with Crippen molar-refractivity contribution in [3.63, 3.8) is 0 Å². The van der Waals surface area contributed by atoms with Gasteiger partial charge in [-0.15, -0.1) is 0 Å². The van der Waals surface area contributed by atoms with Crippen LogP contribution in [0.1, 0.15) is 0 Å². The van der Waals surface area contributed by atoms with Crippen molar-refractivity contribution in [2.75, 3.05) is 5.32 Å². The molecule has 4 aromatic rings. The van der Waals surface area contributed by atoms with Crippen molar-refractivity contribution in [3.8, 4) is 11.4 Å². The van der Waals surface area contributed by atoms with Gasteiger partial charge in [0.05, 0.1) is 6.20 Å². The Bertz CT molecular complexity index is 1110. The molecular weight excluding hydrogens is 376 g/mol. The van der Waals surface area contributed by atoms with Gasteiger partial charge in [-0.1, -0.05) is 0 Å². The minimum atomic E-state index is -4.47. The minimum Gasteiger partial charge on any atom is -0.324 e. The molecule has 0 saturated heterocycles. The molecule has 0 aliphatic rings. The van der Waals surface area contributed by atoms with Crippen molar-refractivity contribution in [2.45, 2.75) is 12.7 Å². The zero-order valence-corrected chi connectivity index (χ0v) is 14.2. The average Bonchev–Trinajstić information content (AvgIpc) is 3.01. The zero-order valence-electron chi connectivity index (χ0n) is 14.2. The molecule has 3 heterocycles. The molecule has 28 heavy (non-hydrogen) atoms. The minimum absolute atomic E-state index is 0.0312. The lowest BCUT2D eigenvalue weighted by atomic mass is 10.2. The number of alkyl halides is 3. The van der Waals surface area contributed by atoms with E-state index in [1.54, 1.807) is 12.1 Å². The summed E-state index contributed by atoms with van der Waals surface area (Å²) in [7, 11) is 0. The number of rotatable bonds is 4. The fraction of sp³-hybridized carbons (Fsp3) is 0.111. The molecule has 0 amide bonds. The van der Waals surface area contributed by atoms with Gasteiger partial charge in [-0.25, -0.2) is 14.4 Å². The van der Waals surface area contributed by atoms with Crippen LogP contribution in [-0.4, -0.2) is 30.7 Å². The Morgan fingerprint density at radius 1 is 0.964 bits per heavy atom. The van der Waals surface area contributed by atoms with Gasteiger partial charge in [0.25, 0.3) is 0 Å². The Kier molecular flexibility index (Phi) is 4.38. The second-order valence-electron chi connectivity index (χ2n) is 5.91. The average molecular weight is 388 g/mol. The van der Waals surface area contributed by atoms with E-state index in [-0.39, 0.29) is 22.9 Å². The SMILES string of the molecule is Fc1ccc(Nc2ncc3nc(-c4ccncc4)n(CC(F)(F)F)c3n2)cc1. The molecule has 0 radical (unpaired) electrons. The standard InChI is InChI=1S/C18H12F4N6/c19-12-1-3-13(4-2-12)25-17-24-9-14-16(27-17)28(10-18(20,21)22)15(26-14)11-5-7-23-8-6-11/h1-9H,10H2,(H,24,25,27). The van der Waals surface area contributed by atoms with Gasteiger partial charge in [0.2, 0.25) is 5.95 Å². The Labute approximate surface area is 155 Å². The zero-order chi connectivity index (χ0) is 19.7. The summed E-state index contributed by atoms with van der Waals surface area (Å²) in [5.74, 6) is -0.223. The van der Waals surface area contributed by atoms with E-state index in [2.05, 4.69) is 25.3 Å². The van der Waals surface area contributed by atoms with Crippen molar-refractivity contribution in [1.29, 1.82) is 0 Å². The van der Waals surface area contributed by atoms with E-state index in [1.165, 1.54) is 42.9 Å². The number of aromatic nitrogens is 5. The van der Waals surface area contributed by atoms with Crippen LogP contribution in [0.2, 0.25) is 0 Å². The molecule has 4 rings (SSSR count). The van der Waals surface area contributed by atoms with Gasteiger partial charge in [0, 0.05) is 23.6 Å². The number of fused-ring (bicyclic) bond motifs is 1. The number of hydrogen-bond acceptors (Lipinski definition) is 5. The first-order valence-electron chi connectivity index (χ1n) is 8.12. The molecule has 0 spiro atoms. The van der Waals surface area contributed by atoms with Gasteiger partial charge in [-0.3, -0.25) is 9.55 Å². The molecule has 0 unspecified atom stereocenters. The maximum atomic E-state index is 13.2. The predicted octanol–water partition coefficient (Wildman–Crippen LogP) is 4.33. The molecule has 1 N–H and O–H groups in total. The summed E-state index contributed by atoms with van der Waals surface area (Å²) in [6.45, 7) is -1.26. The van der Waals surface area contributed by atoms with Crippen LogP contribution < -0.4 is 5.32 Å². The highest BCUT2D eigenvalue weighted by molar-refractivity contribution is 5.77. The molecular formula is C18H12F4N6. The number of nitrogens with zero attached hydrogens (tertiary/aromatic N) is 5. The quantitative estimate of drug-likeness (QED) is 0.527. The van der Waals surface area contributed by atoms with Crippen LogP contribution >= 0.6 is 0 Å². The van der Waals surface area contributed by atoms with Crippen molar-refractivity contribution >= 4 is 22.8 Å². The number of halogens is 4. The van der Waals surface area contributed by atoms with Crippen molar-refractivity contribution in [1.82, 2.24) is 24.5 Å². The predicted molar refractivity (Wildman–Crippen MR) is 94.3 cm³/mol. The Morgan fingerprint density at radius 3 is 2.36 bits per heavy atom. The van der Waals surface area contributed by atoms with Crippen molar-refractivity contribution in [3.05, 3.63) is 60.8 Å². The van der Waals surface area contributed by atoms with E-state index in [0.29, 0.717) is 11.3 Å². The molecule has 0 fully saturated rings. The Morgan fingerprint density at radius 2 is 1.68 bits per heavy atom. The normalized spacial score (nSPS) is 11.7. The molecule has 10 heteroatoms. The van der Waals surface area contributed by atoms with Crippen LogP contribution in [0.25, 0.3) is 22.6 Å². The van der Waals surface area contributed by atoms with Crippen LogP contribution in [0.4, 0.5) is 29.2 Å². The first-order valence-corrected chi connectivity index (χ1v) is 8.12. The van der Waals surface area contributed by atoms with E-state index in [9.17, 15) is 17.6 Å². The van der Waals surface area contributed by atoms with Crippen LogP contribution in [0.3, 0.4) is 0 Å². The number of pyridine rings is 1. The van der Waals surface area contributed by atoms with Crippen molar-refractivity contribution < 1.29 is 17.6 Å². The smallest absolute Gasteiger partial charge is 0.324 e. The molecule has 0 atom stereocenters. The molecule has 1 aromatic carbocycles. The number of benzene rings is 1. The lowest BCUT2D eigenvalue weighted by Gasteiger charge is -2.12. The summed E-state index contributed by atoms with van der Waals surface area (Å²) in [4.78, 5) is 16.4. The van der Waals surface area contributed by atoms with Gasteiger partial charge < -0.3 is 5.32 Å². The van der Waals surface area contributed by atoms with Gasteiger partial charge in [0.1, 0.15) is 23.7 Å². The first-order chi connectivity index (χ1) is 13.4. The summed E-state index contributed by atoms with van der Waals surface area (Å²) in [5.41, 5.74) is 1.23. The fourth-order valence-corrected chi connectivity index (χ4v) is 2.69. The van der Waals surface area contributed by atoms with Crippen molar-refractivity contribution in [2.24, 2.45) is 0 Å². The largest absolute Gasteiger partial charge is 0.406 e. The summed E-state index contributed by atoms with van der Waals surface area (Å²) < 4.78 is 53.5. The van der Waals surface area contributed by atoms with Gasteiger partial charge >= 0.3 is 6.18 Å². The molecule has 0 aliphatic carbocycles. The maximum Gasteiger partial charge on any atom is 0.406 e. The fourth-order valence-electron chi connectivity index (χ4n) is 2.69. The summed E-state index contributed by atoms with van der Waals surface area (Å²) in [6.07, 6.45) is -0.184. The third kappa shape index (κ3) is 3.75. The van der Waals surface area contributed by atoms with Crippen LogP contribution in [-0.2, 0) is 6.54 Å². The number of nitrogens with one attached hydrogen (secondary N) is 1. The van der Waals surface area contributed by atoms with Crippen LogP contribution in [0.5, 0.6) is 0 Å². The topological polar surface area (TPSA) is 68.5 Å². The number of anilines is 2. The second-order valence-corrected chi connectivity index (χ2v) is 5.91. The summed E-state index contributed by atoms with van der Waals surface area (Å²) in [5, 5.41) is 2.84. The highest BCUT2D eigenvalue weighted by atomic mass is 19.4. The highest BCUT2D eigenvalue weighted by Crippen LogP contribution is 2.28. The summed E-state index contributed by atoms with van der Waals surface area (Å²) >= 11 is 0. The lowest BCUT2D eigenvalue weighted by molar-refractivity contribution is -0.139. The Balaban J connectivity index is 1.80. The summed E-state index contributed by atoms with van der Waals surface area (Å²) in [6, 6.07) is 8.57. The third-order valence-corrected chi connectivity index (χ3v) is 3.86. The molecule has 3 aromatic heterocycles. The van der Waals surface area contributed by atoms with Gasteiger partial charge in [-0.2, -0.15) is 18.2 Å². The highest BCUT2D eigenvalue weighted by Gasteiger charge is 2.31. The molecule has 0 aliphatic heterocycles. The molecule has 142 valence electrons. The van der Waals surface area contributed by atoms with E-state index >= 15 is 0 Å². The van der Waals surface area contributed by atoms with Crippen LogP contribution in [0, 0.1) is 5.82 Å². The van der Waals surface area contributed by atoms with Crippen LogP contribution in [0.15, 0.2) is 55.0 Å². The van der Waals surface area contributed by atoms with Gasteiger partial charge in [-0.05, 0) is 36.4 Å².